The van der Waals surface area contributed by atoms with Crippen molar-refractivity contribution in [3.63, 3.8) is 0 Å². The normalized spacial score (nSPS) is 17.3. The zero-order chi connectivity index (χ0) is 25.6. The van der Waals surface area contributed by atoms with E-state index in [2.05, 4.69) is 4.98 Å². The number of carbonyl (C=O) groups excluding carboxylic acids is 2. The van der Waals surface area contributed by atoms with E-state index < -0.39 is 17.7 Å². The molecule has 1 atom stereocenters. The molecule has 3 aromatic carbocycles. The van der Waals surface area contributed by atoms with Gasteiger partial charge in [-0.15, -0.1) is 0 Å². The molecule has 0 spiro atoms. The number of aliphatic hydroxyl groups excluding tert-OH is 1. The van der Waals surface area contributed by atoms with Crippen molar-refractivity contribution in [1.82, 2.24) is 4.98 Å². The summed E-state index contributed by atoms with van der Waals surface area (Å²) in [5.74, 6) is -1.42. The fraction of sp³-hybridized carbons (Fsp3) is 0.172. The van der Waals surface area contributed by atoms with Crippen LogP contribution in [0.5, 0.6) is 11.5 Å². The van der Waals surface area contributed by atoms with E-state index in [0.29, 0.717) is 16.9 Å². The number of aromatic amines is 1. The molecule has 1 amide bonds. The number of Topliss-reactive ketones (excluding diaryl/α,β-unsaturated/α-hetero) is 1. The van der Waals surface area contributed by atoms with Crippen LogP contribution in [-0.4, -0.2) is 33.0 Å². The molecule has 182 valence electrons. The van der Waals surface area contributed by atoms with E-state index in [1.54, 1.807) is 42.6 Å². The summed E-state index contributed by atoms with van der Waals surface area (Å²) in [6.45, 7) is 5.70. The third-order valence-corrected chi connectivity index (χ3v) is 6.31. The number of carbonyl (C=O) groups is 2. The Morgan fingerprint density at radius 3 is 2.47 bits per heavy atom. The van der Waals surface area contributed by atoms with Gasteiger partial charge in [0, 0.05) is 28.2 Å². The highest BCUT2D eigenvalue weighted by atomic mass is 16.5. The Kier molecular flexibility index (Phi) is 5.76. The number of benzene rings is 3. The number of aromatic hydroxyl groups is 1. The first kappa shape index (κ1) is 23.2. The van der Waals surface area contributed by atoms with Crippen LogP contribution in [0.1, 0.15) is 36.6 Å². The molecule has 7 heteroatoms. The topological polar surface area (TPSA) is 103 Å². The third-order valence-electron chi connectivity index (χ3n) is 6.31. The lowest BCUT2D eigenvalue weighted by molar-refractivity contribution is -0.132. The predicted molar refractivity (Wildman–Crippen MR) is 138 cm³/mol. The molecular weight excluding hydrogens is 456 g/mol. The average molecular weight is 483 g/mol. The van der Waals surface area contributed by atoms with Gasteiger partial charge in [0.2, 0.25) is 0 Å². The van der Waals surface area contributed by atoms with Crippen LogP contribution in [0, 0.1) is 6.92 Å². The molecule has 1 fully saturated rings. The van der Waals surface area contributed by atoms with Crippen LogP contribution in [0.15, 0.2) is 78.5 Å². The van der Waals surface area contributed by atoms with Gasteiger partial charge in [0.25, 0.3) is 11.7 Å². The van der Waals surface area contributed by atoms with Crippen LogP contribution in [-0.2, 0) is 9.59 Å². The van der Waals surface area contributed by atoms with E-state index in [-0.39, 0.29) is 28.9 Å². The van der Waals surface area contributed by atoms with Gasteiger partial charge in [-0.1, -0.05) is 30.3 Å². The van der Waals surface area contributed by atoms with E-state index in [9.17, 15) is 19.8 Å². The number of nitrogens with zero attached hydrogens (tertiary/aromatic N) is 1. The fourth-order valence-electron chi connectivity index (χ4n) is 4.70. The number of aromatic nitrogens is 1. The van der Waals surface area contributed by atoms with Crippen molar-refractivity contribution in [2.45, 2.75) is 32.9 Å². The van der Waals surface area contributed by atoms with Gasteiger partial charge in [0.15, 0.2) is 0 Å². The maximum atomic E-state index is 13.4. The summed E-state index contributed by atoms with van der Waals surface area (Å²) in [6.07, 6.45) is 1.71. The van der Waals surface area contributed by atoms with Gasteiger partial charge in [0.1, 0.15) is 17.3 Å². The zero-order valence-electron chi connectivity index (χ0n) is 20.1. The van der Waals surface area contributed by atoms with Gasteiger partial charge < -0.3 is 19.9 Å². The molecule has 1 aliphatic heterocycles. The van der Waals surface area contributed by atoms with Crippen molar-refractivity contribution in [3.05, 3.63) is 95.2 Å². The molecule has 1 unspecified atom stereocenters. The van der Waals surface area contributed by atoms with Gasteiger partial charge in [-0.3, -0.25) is 14.5 Å². The maximum absolute atomic E-state index is 13.4. The summed E-state index contributed by atoms with van der Waals surface area (Å²) in [6, 6.07) is 18.0. The second-order valence-corrected chi connectivity index (χ2v) is 9.09. The number of phenols is 1. The number of fused-ring (bicyclic) bond motifs is 1. The van der Waals surface area contributed by atoms with Crippen LogP contribution >= 0.6 is 0 Å². The molecule has 2 heterocycles. The molecule has 0 aliphatic carbocycles. The Bertz CT molecular complexity index is 1530. The zero-order valence-corrected chi connectivity index (χ0v) is 20.1. The molecule has 0 radical (unpaired) electrons. The van der Waals surface area contributed by atoms with E-state index in [1.165, 1.54) is 11.0 Å². The van der Waals surface area contributed by atoms with E-state index in [1.807, 2.05) is 45.0 Å². The summed E-state index contributed by atoms with van der Waals surface area (Å²) in [4.78, 5) is 31.2. The first-order chi connectivity index (χ1) is 17.3. The number of aryl methyl sites for hydroxylation is 1. The van der Waals surface area contributed by atoms with E-state index in [4.69, 9.17) is 4.74 Å². The smallest absolute Gasteiger partial charge is 0.300 e. The van der Waals surface area contributed by atoms with Gasteiger partial charge in [-0.2, -0.15) is 0 Å². The van der Waals surface area contributed by atoms with Crippen LogP contribution in [0.25, 0.3) is 16.7 Å². The standard InChI is InChI=1S/C29H26N2O5/c1-16(2)36-24-13-12-18(14-17(24)3)27(33)25-26(20-15-30-21-9-5-4-8-19(20)21)31(29(35)28(25)34)22-10-6-7-11-23(22)32/h4-16,26,30,32-33H,1-3H3/b27-25+. The number of amides is 1. The average Bonchev–Trinajstić information content (AvgIpc) is 3.39. The number of aliphatic hydroxyl groups is 1. The molecule has 5 rings (SSSR count). The van der Waals surface area contributed by atoms with E-state index >= 15 is 0 Å². The van der Waals surface area contributed by atoms with Gasteiger partial charge in [-0.05, 0) is 62.7 Å². The maximum Gasteiger partial charge on any atom is 0.300 e. The summed E-state index contributed by atoms with van der Waals surface area (Å²) in [5.41, 5.74) is 2.76. The van der Waals surface area contributed by atoms with Gasteiger partial charge >= 0.3 is 0 Å². The Labute approximate surface area is 208 Å². The molecule has 36 heavy (non-hydrogen) atoms. The lowest BCUT2D eigenvalue weighted by Gasteiger charge is -2.25. The van der Waals surface area contributed by atoms with Crippen molar-refractivity contribution in [2.24, 2.45) is 0 Å². The fourth-order valence-corrected chi connectivity index (χ4v) is 4.70. The predicted octanol–water partition coefficient (Wildman–Crippen LogP) is 5.60. The third kappa shape index (κ3) is 3.79. The van der Waals surface area contributed by atoms with Crippen molar-refractivity contribution in [1.29, 1.82) is 0 Å². The summed E-state index contributed by atoms with van der Waals surface area (Å²) >= 11 is 0. The summed E-state index contributed by atoms with van der Waals surface area (Å²) in [7, 11) is 0. The summed E-state index contributed by atoms with van der Waals surface area (Å²) in [5, 5.41) is 22.8. The van der Waals surface area contributed by atoms with Crippen LogP contribution in [0.4, 0.5) is 5.69 Å². The monoisotopic (exact) mass is 482 g/mol. The second-order valence-electron chi connectivity index (χ2n) is 9.09. The first-order valence-electron chi connectivity index (χ1n) is 11.7. The minimum atomic E-state index is -0.957. The number of rotatable bonds is 5. The molecule has 3 N–H and O–H groups in total. The molecule has 0 bridgehead atoms. The number of phenolic OH excluding ortho intramolecular Hbond substituents is 1. The first-order valence-corrected chi connectivity index (χ1v) is 11.7. The molecule has 0 saturated carbocycles. The molecule has 4 aromatic rings. The van der Waals surface area contributed by atoms with Crippen molar-refractivity contribution >= 4 is 34.0 Å². The van der Waals surface area contributed by atoms with Crippen LogP contribution in [0.2, 0.25) is 0 Å². The highest BCUT2D eigenvalue weighted by Gasteiger charge is 2.48. The molecule has 1 aliphatic rings. The summed E-state index contributed by atoms with van der Waals surface area (Å²) < 4.78 is 5.80. The SMILES string of the molecule is Cc1cc(/C(O)=C2\C(=O)C(=O)N(c3ccccc3O)C2c2c[nH]c3ccccc23)ccc1OC(C)C. The minimum Gasteiger partial charge on any atom is -0.507 e. The Morgan fingerprint density at radius 1 is 1.03 bits per heavy atom. The minimum absolute atomic E-state index is 0.0195. The number of para-hydroxylation sites is 3. The molecule has 1 saturated heterocycles. The lowest BCUT2D eigenvalue weighted by Crippen LogP contribution is -2.29. The second kappa shape index (κ2) is 8.92. The highest BCUT2D eigenvalue weighted by Crippen LogP contribution is 2.46. The largest absolute Gasteiger partial charge is 0.507 e. The number of ether oxygens (including phenoxy) is 1. The Hall–Kier alpha value is -4.52. The number of ketones is 1. The van der Waals surface area contributed by atoms with Crippen molar-refractivity contribution < 1.29 is 24.5 Å². The number of anilines is 1. The van der Waals surface area contributed by atoms with Gasteiger partial charge in [-0.25, -0.2) is 0 Å². The molecule has 7 nitrogen and oxygen atoms in total. The number of hydrogen-bond acceptors (Lipinski definition) is 5. The van der Waals surface area contributed by atoms with Crippen molar-refractivity contribution in [3.8, 4) is 11.5 Å². The Morgan fingerprint density at radius 2 is 1.75 bits per heavy atom. The quantitative estimate of drug-likeness (QED) is 0.195. The van der Waals surface area contributed by atoms with Crippen molar-refractivity contribution in [2.75, 3.05) is 4.90 Å². The van der Waals surface area contributed by atoms with E-state index in [0.717, 1.165) is 16.5 Å². The molecular formula is C29H26N2O5. The molecule has 1 aromatic heterocycles. The van der Waals surface area contributed by atoms with Gasteiger partial charge in [0.05, 0.1) is 23.4 Å². The van der Waals surface area contributed by atoms with Crippen LogP contribution in [0.3, 0.4) is 0 Å². The van der Waals surface area contributed by atoms with Crippen LogP contribution < -0.4 is 9.64 Å². The lowest BCUT2D eigenvalue weighted by atomic mass is 9.94. The highest BCUT2D eigenvalue weighted by molar-refractivity contribution is 6.52. The number of hydrogen-bond donors (Lipinski definition) is 3. The number of nitrogens with one attached hydrogen (secondary N) is 1. The Balaban J connectivity index is 1.74. The number of H-pyrrole nitrogens is 1.